The molecular formula is C18H23N3S2. The summed E-state index contributed by atoms with van der Waals surface area (Å²) in [7, 11) is 0. The predicted octanol–water partition coefficient (Wildman–Crippen LogP) is 4.42. The molecule has 0 amide bonds. The van der Waals surface area contributed by atoms with Crippen LogP contribution in [0.5, 0.6) is 0 Å². The first kappa shape index (κ1) is 16.4. The number of thiocarbonyl (C=S) groups is 1. The number of aryl methyl sites for hydroxylation is 1. The van der Waals surface area contributed by atoms with E-state index >= 15 is 0 Å². The van der Waals surface area contributed by atoms with Gasteiger partial charge in [0.1, 0.15) is 5.01 Å². The Hall–Kier alpha value is -1.46. The molecule has 0 spiro atoms. The second-order valence-electron chi connectivity index (χ2n) is 6.12. The average Bonchev–Trinajstić information content (AvgIpc) is 3.03. The molecule has 0 radical (unpaired) electrons. The van der Waals surface area contributed by atoms with Crippen LogP contribution in [-0.2, 0) is 6.54 Å². The van der Waals surface area contributed by atoms with Crippen molar-refractivity contribution in [2.24, 2.45) is 0 Å². The fraction of sp³-hybridized carbons (Fsp3) is 0.444. The van der Waals surface area contributed by atoms with Crippen LogP contribution in [0.15, 0.2) is 29.6 Å². The first-order valence-electron chi connectivity index (χ1n) is 8.27. The fourth-order valence-corrected chi connectivity index (χ4v) is 4.13. The van der Waals surface area contributed by atoms with E-state index in [1.54, 1.807) is 11.3 Å². The molecule has 2 aromatic rings. The monoisotopic (exact) mass is 345 g/mol. The zero-order valence-electron chi connectivity index (χ0n) is 13.5. The molecule has 0 aliphatic heterocycles. The first-order valence-corrected chi connectivity index (χ1v) is 9.56. The van der Waals surface area contributed by atoms with Gasteiger partial charge in [0, 0.05) is 17.0 Å². The fourth-order valence-electron chi connectivity index (χ4n) is 2.98. The number of hydrogen-bond acceptors (Lipinski definition) is 3. The number of rotatable bonds is 4. The van der Waals surface area contributed by atoms with Crippen LogP contribution in [0.2, 0.25) is 0 Å². The van der Waals surface area contributed by atoms with Crippen molar-refractivity contribution >= 4 is 28.7 Å². The van der Waals surface area contributed by atoms with Gasteiger partial charge < -0.3 is 10.6 Å². The maximum Gasteiger partial charge on any atom is 0.166 e. The summed E-state index contributed by atoms with van der Waals surface area (Å²) in [6.07, 6.45) is 6.45. The van der Waals surface area contributed by atoms with Crippen LogP contribution in [0, 0.1) is 6.92 Å². The van der Waals surface area contributed by atoms with E-state index in [0.29, 0.717) is 12.6 Å². The van der Waals surface area contributed by atoms with E-state index in [0.717, 1.165) is 15.8 Å². The highest BCUT2D eigenvalue weighted by molar-refractivity contribution is 7.80. The van der Waals surface area contributed by atoms with Crippen molar-refractivity contribution < 1.29 is 0 Å². The zero-order chi connectivity index (χ0) is 16.1. The summed E-state index contributed by atoms with van der Waals surface area (Å²) in [5.74, 6) is 0. The Kier molecular flexibility index (Phi) is 5.62. The molecule has 1 heterocycles. The molecule has 1 saturated carbocycles. The van der Waals surface area contributed by atoms with E-state index in [1.807, 2.05) is 0 Å². The van der Waals surface area contributed by atoms with Gasteiger partial charge in [0.05, 0.1) is 12.2 Å². The maximum absolute atomic E-state index is 5.41. The Balaban J connectivity index is 1.53. The van der Waals surface area contributed by atoms with E-state index in [2.05, 4.69) is 47.2 Å². The van der Waals surface area contributed by atoms with Crippen molar-refractivity contribution in [3.05, 3.63) is 40.9 Å². The molecule has 1 aromatic heterocycles. The van der Waals surface area contributed by atoms with E-state index in [-0.39, 0.29) is 0 Å². The third-order valence-electron chi connectivity index (χ3n) is 4.30. The quantitative estimate of drug-likeness (QED) is 0.805. The number of benzene rings is 1. The molecule has 2 N–H and O–H groups in total. The predicted molar refractivity (Wildman–Crippen MR) is 102 cm³/mol. The molecule has 1 fully saturated rings. The second-order valence-corrected chi connectivity index (χ2v) is 7.39. The maximum atomic E-state index is 5.41. The Bertz CT molecular complexity index is 660. The minimum absolute atomic E-state index is 0.543. The van der Waals surface area contributed by atoms with Gasteiger partial charge in [0.2, 0.25) is 0 Å². The van der Waals surface area contributed by atoms with Gasteiger partial charge in [0.15, 0.2) is 5.11 Å². The third kappa shape index (κ3) is 4.52. The van der Waals surface area contributed by atoms with Gasteiger partial charge in [-0.25, -0.2) is 4.98 Å². The highest BCUT2D eigenvalue weighted by Gasteiger charge is 2.14. The van der Waals surface area contributed by atoms with Gasteiger partial charge in [-0.05, 0) is 37.5 Å². The highest BCUT2D eigenvalue weighted by atomic mass is 32.1. The molecule has 0 atom stereocenters. The lowest BCUT2D eigenvalue weighted by atomic mass is 9.96. The molecule has 23 heavy (non-hydrogen) atoms. The van der Waals surface area contributed by atoms with Crippen LogP contribution in [0.4, 0.5) is 0 Å². The minimum Gasteiger partial charge on any atom is -0.360 e. The van der Waals surface area contributed by atoms with Crippen molar-refractivity contribution in [2.45, 2.75) is 51.6 Å². The summed E-state index contributed by atoms with van der Waals surface area (Å²) >= 11 is 7.10. The number of hydrogen-bond donors (Lipinski definition) is 2. The van der Waals surface area contributed by atoms with Crippen molar-refractivity contribution in [1.29, 1.82) is 0 Å². The summed E-state index contributed by atoms with van der Waals surface area (Å²) in [5, 5.41) is 10.7. The number of aromatic nitrogens is 1. The van der Waals surface area contributed by atoms with Gasteiger partial charge in [-0.2, -0.15) is 0 Å². The standard InChI is InChI=1S/C18H23N3S2/c1-13-7-5-6-10-16(13)17-20-15(12-23-17)11-19-18(22)21-14-8-3-2-4-9-14/h5-7,10,12,14H,2-4,8-9,11H2,1H3,(H2,19,21,22). The van der Waals surface area contributed by atoms with Crippen LogP contribution in [0.3, 0.4) is 0 Å². The first-order chi connectivity index (χ1) is 11.2. The normalized spacial score (nSPS) is 15.3. The molecule has 0 bridgehead atoms. The highest BCUT2D eigenvalue weighted by Crippen LogP contribution is 2.26. The Morgan fingerprint density at radius 3 is 2.83 bits per heavy atom. The molecular weight excluding hydrogens is 322 g/mol. The van der Waals surface area contributed by atoms with Crippen LogP contribution < -0.4 is 10.6 Å². The van der Waals surface area contributed by atoms with E-state index < -0.39 is 0 Å². The largest absolute Gasteiger partial charge is 0.360 e. The molecule has 0 saturated heterocycles. The molecule has 1 aliphatic carbocycles. The van der Waals surface area contributed by atoms with Crippen molar-refractivity contribution in [1.82, 2.24) is 15.6 Å². The lowest BCUT2D eigenvalue weighted by Gasteiger charge is -2.24. The number of thiazole rings is 1. The molecule has 5 heteroatoms. The number of nitrogens with zero attached hydrogens (tertiary/aromatic N) is 1. The van der Waals surface area contributed by atoms with Crippen LogP contribution >= 0.6 is 23.6 Å². The van der Waals surface area contributed by atoms with Gasteiger partial charge in [-0.1, -0.05) is 43.5 Å². The van der Waals surface area contributed by atoms with Gasteiger partial charge in [-0.15, -0.1) is 11.3 Å². The second kappa shape index (κ2) is 7.88. The minimum atomic E-state index is 0.543. The Morgan fingerprint density at radius 1 is 1.26 bits per heavy atom. The summed E-state index contributed by atoms with van der Waals surface area (Å²) in [6.45, 7) is 2.80. The molecule has 3 nitrogen and oxygen atoms in total. The van der Waals surface area contributed by atoms with Gasteiger partial charge in [-0.3, -0.25) is 0 Å². The summed E-state index contributed by atoms with van der Waals surface area (Å²) < 4.78 is 0. The van der Waals surface area contributed by atoms with Crippen LogP contribution in [-0.4, -0.2) is 16.1 Å². The van der Waals surface area contributed by atoms with Gasteiger partial charge in [0.25, 0.3) is 0 Å². The summed E-state index contributed by atoms with van der Waals surface area (Å²) in [5.41, 5.74) is 3.52. The molecule has 1 aliphatic rings. The molecule has 1 aromatic carbocycles. The number of nitrogens with one attached hydrogen (secondary N) is 2. The lowest BCUT2D eigenvalue weighted by Crippen LogP contribution is -2.42. The zero-order valence-corrected chi connectivity index (χ0v) is 15.1. The smallest absolute Gasteiger partial charge is 0.166 e. The molecule has 122 valence electrons. The third-order valence-corrected chi connectivity index (χ3v) is 5.48. The van der Waals surface area contributed by atoms with Crippen molar-refractivity contribution in [2.75, 3.05) is 0 Å². The SMILES string of the molecule is Cc1ccccc1-c1nc(CNC(=S)NC2CCCCC2)cs1. The Labute approximate surface area is 147 Å². The summed E-state index contributed by atoms with van der Waals surface area (Å²) in [4.78, 5) is 4.73. The van der Waals surface area contributed by atoms with Gasteiger partial charge >= 0.3 is 0 Å². The lowest BCUT2D eigenvalue weighted by molar-refractivity contribution is 0.412. The molecule has 0 unspecified atom stereocenters. The van der Waals surface area contributed by atoms with Crippen LogP contribution in [0.1, 0.15) is 43.4 Å². The topological polar surface area (TPSA) is 37.0 Å². The average molecular weight is 346 g/mol. The Morgan fingerprint density at radius 2 is 2.04 bits per heavy atom. The van der Waals surface area contributed by atoms with Crippen molar-refractivity contribution in [3.8, 4) is 10.6 Å². The summed E-state index contributed by atoms with van der Waals surface area (Å²) in [6, 6.07) is 8.91. The van der Waals surface area contributed by atoms with Crippen LogP contribution in [0.25, 0.3) is 10.6 Å². The van der Waals surface area contributed by atoms with E-state index in [4.69, 9.17) is 17.2 Å². The molecule has 3 rings (SSSR count). The van der Waals surface area contributed by atoms with E-state index in [1.165, 1.54) is 43.2 Å². The van der Waals surface area contributed by atoms with E-state index in [9.17, 15) is 0 Å². The van der Waals surface area contributed by atoms with Crippen molar-refractivity contribution in [3.63, 3.8) is 0 Å².